The van der Waals surface area contributed by atoms with Crippen molar-refractivity contribution in [1.29, 1.82) is 0 Å². The number of hydrogen-bond acceptors (Lipinski definition) is 5. The zero-order chi connectivity index (χ0) is 18.6. The fourth-order valence-corrected chi connectivity index (χ4v) is 2.98. The summed E-state index contributed by atoms with van der Waals surface area (Å²) in [6.45, 7) is 8.60. The molecule has 7 nitrogen and oxygen atoms in total. The molecule has 138 valence electrons. The molecule has 1 unspecified atom stereocenters. The Morgan fingerprint density at radius 2 is 2.12 bits per heavy atom. The molecule has 2 rings (SSSR count). The van der Waals surface area contributed by atoms with Gasteiger partial charge in [0, 0.05) is 30.4 Å². The molecule has 0 radical (unpaired) electrons. The van der Waals surface area contributed by atoms with Crippen LogP contribution in [0.4, 0.5) is 16.2 Å². The number of aryl methyl sites for hydroxylation is 1. The Kier molecular flexibility index (Phi) is 5.87. The Balaban J connectivity index is 2.01. The number of amides is 1. The number of nitro benzene ring substituents is 1. The zero-order valence-corrected chi connectivity index (χ0v) is 15.4. The van der Waals surface area contributed by atoms with Crippen molar-refractivity contribution in [3.8, 4) is 0 Å². The Morgan fingerprint density at radius 1 is 1.40 bits per heavy atom. The standard InChI is InChI=1S/C18H27N3O4/c1-13-11-14(8-9-16(13)21(23)24)19-12-15-7-5-6-10-20(15)17(22)25-18(2,3)4/h8-9,11,15,19H,5-7,10,12H2,1-4H3. The van der Waals surface area contributed by atoms with Crippen LogP contribution in [0.3, 0.4) is 0 Å². The van der Waals surface area contributed by atoms with Gasteiger partial charge in [-0.25, -0.2) is 4.79 Å². The highest BCUT2D eigenvalue weighted by Crippen LogP contribution is 2.24. The number of carbonyl (C=O) groups is 1. The number of ether oxygens (including phenoxy) is 1. The van der Waals surface area contributed by atoms with Gasteiger partial charge >= 0.3 is 6.09 Å². The van der Waals surface area contributed by atoms with Crippen LogP contribution in [-0.2, 0) is 4.74 Å². The summed E-state index contributed by atoms with van der Waals surface area (Å²) >= 11 is 0. The molecule has 1 atom stereocenters. The van der Waals surface area contributed by atoms with E-state index in [9.17, 15) is 14.9 Å². The molecule has 1 aromatic rings. The topological polar surface area (TPSA) is 84.7 Å². The lowest BCUT2D eigenvalue weighted by molar-refractivity contribution is -0.385. The molecular formula is C18H27N3O4. The van der Waals surface area contributed by atoms with Gasteiger partial charge in [0.05, 0.1) is 11.0 Å². The number of nitrogens with zero attached hydrogens (tertiary/aromatic N) is 2. The van der Waals surface area contributed by atoms with Gasteiger partial charge in [-0.05, 0) is 59.1 Å². The molecule has 25 heavy (non-hydrogen) atoms. The first kappa shape index (κ1) is 19.0. The number of benzene rings is 1. The molecule has 1 saturated heterocycles. The molecule has 0 spiro atoms. The molecule has 1 amide bonds. The van der Waals surface area contributed by atoms with Crippen LogP contribution in [0.1, 0.15) is 45.6 Å². The third kappa shape index (κ3) is 5.34. The fraction of sp³-hybridized carbons (Fsp3) is 0.611. The van der Waals surface area contributed by atoms with E-state index in [-0.39, 0.29) is 22.7 Å². The number of hydrogen-bond donors (Lipinski definition) is 1. The second-order valence-corrected chi connectivity index (χ2v) is 7.46. The van der Waals surface area contributed by atoms with Crippen LogP contribution < -0.4 is 5.32 Å². The van der Waals surface area contributed by atoms with Crippen LogP contribution in [0.5, 0.6) is 0 Å². The molecule has 0 saturated carbocycles. The van der Waals surface area contributed by atoms with Gasteiger partial charge in [-0.15, -0.1) is 0 Å². The number of nitrogens with one attached hydrogen (secondary N) is 1. The van der Waals surface area contributed by atoms with Gasteiger partial charge in [0.2, 0.25) is 0 Å². The monoisotopic (exact) mass is 349 g/mol. The minimum atomic E-state index is -0.512. The molecule has 1 aliphatic heterocycles. The zero-order valence-electron chi connectivity index (χ0n) is 15.4. The molecule has 1 N–H and O–H groups in total. The van der Waals surface area contributed by atoms with Crippen molar-refractivity contribution < 1.29 is 14.5 Å². The summed E-state index contributed by atoms with van der Waals surface area (Å²) in [5.41, 5.74) is 1.03. The molecule has 7 heteroatoms. The van der Waals surface area contributed by atoms with Crippen molar-refractivity contribution in [2.75, 3.05) is 18.4 Å². The largest absolute Gasteiger partial charge is 0.444 e. The maximum atomic E-state index is 12.4. The number of nitro groups is 1. The predicted octanol–water partition coefficient (Wildman–Crippen LogP) is 4.10. The quantitative estimate of drug-likeness (QED) is 0.653. The maximum Gasteiger partial charge on any atom is 0.410 e. The van der Waals surface area contributed by atoms with E-state index in [1.807, 2.05) is 20.8 Å². The van der Waals surface area contributed by atoms with E-state index in [2.05, 4.69) is 5.32 Å². The molecule has 0 aromatic heterocycles. The van der Waals surface area contributed by atoms with Crippen molar-refractivity contribution >= 4 is 17.5 Å². The summed E-state index contributed by atoms with van der Waals surface area (Å²) in [4.78, 5) is 24.7. The van der Waals surface area contributed by atoms with Gasteiger partial charge in [0.15, 0.2) is 0 Å². The summed E-state index contributed by atoms with van der Waals surface area (Å²) in [6, 6.07) is 5.02. The van der Waals surface area contributed by atoms with Crippen molar-refractivity contribution in [2.24, 2.45) is 0 Å². The molecule has 1 aromatic carbocycles. The second-order valence-electron chi connectivity index (χ2n) is 7.46. The summed E-state index contributed by atoms with van der Waals surface area (Å²) in [5, 5.41) is 14.2. The summed E-state index contributed by atoms with van der Waals surface area (Å²) < 4.78 is 5.50. The first-order valence-corrected chi connectivity index (χ1v) is 8.66. The second kappa shape index (κ2) is 7.72. The molecule has 1 fully saturated rings. The minimum absolute atomic E-state index is 0.0547. The van der Waals surface area contributed by atoms with Crippen molar-refractivity contribution in [2.45, 2.75) is 58.6 Å². The Hall–Kier alpha value is -2.31. The number of anilines is 1. The Morgan fingerprint density at radius 3 is 2.72 bits per heavy atom. The van der Waals surface area contributed by atoms with Crippen molar-refractivity contribution in [3.05, 3.63) is 33.9 Å². The third-order valence-electron chi connectivity index (χ3n) is 4.19. The minimum Gasteiger partial charge on any atom is -0.444 e. The third-order valence-corrected chi connectivity index (χ3v) is 4.19. The Bertz CT molecular complexity index is 640. The van der Waals surface area contributed by atoms with Crippen LogP contribution in [-0.4, -0.2) is 40.6 Å². The van der Waals surface area contributed by atoms with Gasteiger partial charge in [-0.1, -0.05) is 0 Å². The van der Waals surface area contributed by atoms with Gasteiger partial charge in [-0.2, -0.15) is 0 Å². The van der Waals surface area contributed by atoms with E-state index in [0.717, 1.165) is 24.9 Å². The molecular weight excluding hydrogens is 322 g/mol. The lowest BCUT2D eigenvalue weighted by atomic mass is 10.0. The lowest BCUT2D eigenvalue weighted by Crippen LogP contribution is -2.48. The van der Waals surface area contributed by atoms with Gasteiger partial charge in [-0.3, -0.25) is 10.1 Å². The smallest absolute Gasteiger partial charge is 0.410 e. The molecule has 1 heterocycles. The van der Waals surface area contributed by atoms with E-state index < -0.39 is 5.60 Å². The predicted molar refractivity (Wildman–Crippen MR) is 96.9 cm³/mol. The van der Waals surface area contributed by atoms with Gasteiger partial charge < -0.3 is 15.0 Å². The van der Waals surface area contributed by atoms with Crippen LogP contribution in [0, 0.1) is 17.0 Å². The summed E-state index contributed by atoms with van der Waals surface area (Å²) in [7, 11) is 0. The highest BCUT2D eigenvalue weighted by atomic mass is 16.6. The van der Waals surface area contributed by atoms with E-state index in [1.165, 1.54) is 6.07 Å². The first-order valence-electron chi connectivity index (χ1n) is 8.66. The van der Waals surface area contributed by atoms with Crippen LogP contribution in [0.15, 0.2) is 18.2 Å². The molecule has 1 aliphatic rings. The first-order chi connectivity index (χ1) is 11.7. The normalized spacial score (nSPS) is 17.9. The molecule has 0 bridgehead atoms. The van der Waals surface area contributed by atoms with Crippen LogP contribution in [0.25, 0.3) is 0 Å². The average Bonchev–Trinajstić information content (AvgIpc) is 2.51. The van der Waals surface area contributed by atoms with Crippen LogP contribution >= 0.6 is 0 Å². The summed E-state index contributed by atoms with van der Waals surface area (Å²) in [6.07, 6.45) is 2.69. The van der Waals surface area contributed by atoms with Crippen molar-refractivity contribution in [1.82, 2.24) is 4.90 Å². The number of piperidine rings is 1. The SMILES string of the molecule is Cc1cc(NCC2CCCCN2C(=O)OC(C)(C)C)ccc1[N+](=O)[O-]. The van der Waals surface area contributed by atoms with E-state index in [1.54, 1.807) is 24.0 Å². The van der Waals surface area contributed by atoms with Gasteiger partial charge in [0.1, 0.15) is 5.60 Å². The summed E-state index contributed by atoms with van der Waals surface area (Å²) in [5.74, 6) is 0. The highest BCUT2D eigenvalue weighted by Gasteiger charge is 2.30. The number of rotatable bonds is 4. The van der Waals surface area contributed by atoms with E-state index in [0.29, 0.717) is 18.7 Å². The Labute approximate surface area is 148 Å². The van der Waals surface area contributed by atoms with E-state index in [4.69, 9.17) is 4.74 Å². The van der Waals surface area contributed by atoms with E-state index >= 15 is 0 Å². The van der Waals surface area contributed by atoms with Crippen LogP contribution in [0.2, 0.25) is 0 Å². The average molecular weight is 349 g/mol. The lowest BCUT2D eigenvalue weighted by Gasteiger charge is -2.37. The highest BCUT2D eigenvalue weighted by molar-refractivity contribution is 5.69. The maximum absolute atomic E-state index is 12.4. The van der Waals surface area contributed by atoms with Gasteiger partial charge in [0.25, 0.3) is 5.69 Å². The fourth-order valence-electron chi connectivity index (χ4n) is 2.98. The number of likely N-dealkylation sites (tertiary alicyclic amines) is 1. The number of carbonyl (C=O) groups excluding carboxylic acids is 1. The van der Waals surface area contributed by atoms with Crippen molar-refractivity contribution in [3.63, 3.8) is 0 Å². The molecule has 0 aliphatic carbocycles.